The van der Waals surface area contributed by atoms with Crippen molar-refractivity contribution in [1.82, 2.24) is 0 Å². The summed E-state index contributed by atoms with van der Waals surface area (Å²) in [7, 11) is 4.43. The van der Waals surface area contributed by atoms with E-state index in [1.807, 2.05) is 0 Å². The van der Waals surface area contributed by atoms with E-state index < -0.39 is 11.9 Å². The second kappa shape index (κ2) is 6.50. The van der Waals surface area contributed by atoms with Gasteiger partial charge in [0.1, 0.15) is 5.92 Å². The molecule has 0 saturated carbocycles. The third-order valence-electron chi connectivity index (χ3n) is 2.62. The number of nitriles is 1. The van der Waals surface area contributed by atoms with Crippen LogP contribution in [0.5, 0.6) is 17.2 Å². The first kappa shape index (κ1) is 14.6. The largest absolute Gasteiger partial charge is 0.493 e. The van der Waals surface area contributed by atoms with Gasteiger partial charge < -0.3 is 19.3 Å². The highest BCUT2D eigenvalue weighted by molar-refractivity contribution is 5.73. The van der Waals surface area contributed by atoms with E-state index in [1.165, 1.54) is 21.3 Å². The van der Waals surface area contributed by atoms with Gasteiger partial charge in [-0.15, -0.1) is 0 Å². The molecule has 0 aliphatic rings. The molecule has 0 aromatic heterocycles. The Morgan fingerprint density at radius 3 is 2.11 bits per heavy atom. The molecule has 0 amide bonds. The zero-order chi connectivity index (χ0) is 14.4. The summed E-state index contributed by atoms with van der Waals surface area (Å²) in [5.74, 6) is -0.977. The van der Waals surface area contributed by atoms with Gasteiger partial charge in [0.15, 0.2) is 11.5 Å². The van der Waals surface area contributed by atoms with Crippen molar-refractivity contribution in [2.75, 3.05) is 21.3 Å². The SMILES string of the molecule is COc1cc(C[C@@H](C#N)C(=O)O)cc(OC)c1OC. The van der Waals surface area contributed by atoms with Gasteiger partial charge in [0.25, 0.3) is 0 Å². The van der Waals surface area contributed by atoms with Crippen LogP contribution in [-0.4, -0.2) is 32.4 Å². The van der Waals surface area contributed by atoms with Gasteiger partial charge in [-0.05, 0) is 24.1 Å². The number of aliphatic carboxylic acids is 1. The van der Waals surface area contributed by atoms with Crippen LogP contribution in [0.3, 0.4) is 0 Å². The van der Waals surface area contributed by atoms with E-state index in [9.17, 15) is 4.79 Å². The van der Waals surface area contributed by atoms with Crippen LogP contribution in [0, 0.1) is 17.2 Å². The third kappa shape index (κ3) is 3.28. The first-order chi connectivity index (χ1) is 9.07. The predicted molar refractivity (Wildman–Crippen MR) is 66.5 cm³/mol. The van der Waals surface area contributed by atoms with Crippen molar-refractivity contribution >= 4 is 5.97 Å². The van der Waals surface area contributed by atoms with Crippen LogP contribution >= 0.6 is 0 Å². The van der Waals surface area contributed by atoms with E-state index in [1.54, 1.807) is 18.2 Å². The number of ether oxygens (including phenoxy) is 3. The van der Waals surface area contributed by atoms with Crippen LogP contribution in [0.15, 0.2) is 12.1 Å². The minimum absolute atomic E-state index is 0.0720. The summed E-state index contributed by atoms with van der Waals surface area (Å²) < 4.78 is 15.5. The molecule has 0 radical (unpaired) electrons. The Balaban J connectivity index is 3.16. The normalized spacial score (nSPS) is 11.3. The molecule has 1 N–H and O–H groups in total. The van der Waals surface area contributed by atoms with Gasteiger partial charge in [-0.1, -0.05) is 0 Å². The van der Waals surface area contributed by atoms with Crippen LogP contribution < -0.4 is 14.2 Å². The van der Waals surface area contributed by atoms with Gasteiger partial charge in [0.05, 0.1) is 27.4 Å². The van der Waals surface area contributed by atoms with Crippen molar-refractivity contribution in [2.24, 2.45) is 5.92 Å². The maximum atomic E-state index is 10.9. The minimum Gasteiger partial charge on any atom is -0.493 e. The standard InChI is InChI=1S/C13H15NO5/c1-17-10-5-8(4-9(7-14)13(15)16)6-11(18-2)12(10)19-3/h5-6,9H,4H2,1-3H3,(H,15,16)/t9-/m0/s1. The molecule has 0 fully saturated rings. The van der Waals surface area contributed by atoms with Gasteiger partial charge >= 0.3 is 5.97 Å². The number of hydrogen-bond acceptors (Lipinski definition) is 5. The van der Waals surface area contributed by atoms with Crippen molar-refractivity contribution < 1.29 is 24.1 Å². The molecule has 0 saturated heterocycles. The quantitative estimate of drug-likeness (QED) is 0.838. The average molecular weight is 265 g/mol. The molecule has 19 heavy (non-hydrogen) atoms. The van der Waals surface area contributed by atoms with Crippen molar-refractivity contribution in [3.05, 3.63) is 17.7 Å². The molecule has 102 valence electrons. The van der Waals surface area contributed by atoms with E-state index in [2.05, 4.69) is 0 Å². The fourth-order valence-corrected chi connectivity index (χ4v) is 1.68. The molecule has 1 rings (SSSR count). The van der Waals surface area contributed by atoms with Gasteiger partial charge in [-0.3, -0.25) is 4.79 Å². The monoisotopic (exact) mass is 265 g/mol. The Morgan fingerprint density at radius 1 is 1.26 bits per heavy atom. The molecule has 0 spiro atoms. The summed E-state index contributed by atoms with van der Waals surface area (Å²) in [4.78, 5) is 10.9. The van der Waals surface area contributed by atoms with E-state index in [0.29, 0.717) is 22.8 Å². The summed E-state index contributed by atoms with van der Waals surface area (Å²) in [6.07, 6.45) is 0.0720. The van der Waals surface area contributed by atoms with Gasteiger partial charge in [-0.25, -0.2) is 0 Å². The lowest BCUT2D eigenvalue weighted by Crippen LogP contribution is -2.14. The number of methoxy groups -OCH3 is 3. The lowest BCUT2D eigenvalue weighted by molar-refractivity contribution is -0.139. The molecular weight excluding hydrogens is 250 g/mol. The Labute approximate surface area is 111 Å². The average Bonchev–Trinajstić information content (AvgIpc) is 2.42. The van der Waals surface area contributed by atoms with E-state index in [-0.39, 0.29) is 6.42 Å². The highest BCUT2D eigenvalue weighted by Gasteiger charge is 2.20. The van der Waals surface area contributed by atoms with E-state index in [4.69, 9.17) is 24.6 Å². The van der Waals surface area contributed by atoms with Crippen molar-refractivity contribution in [3.63, 3.8) is 0 Å². The number of carboxylic acid groups (broad SMARTS) is 1. The van der Waals surface area contributed by atoms with Crippen LogP contribution in [0.4, 0.5) is 0 Å². The van der Waals surface area contributed by atoms with E-state index in [0.717, 1.165) is 0 Å². The smallest absolute Gasteiger partial charge is 0.321 e. The number of carbonyl (C=O) groups is 1. The topological polar surface area (TPSA) is 88.8 Å². The number of nitrogens with zero attached hydrogens (tertiary/aromatic N) is 1. The number of rotatable bonds is 6. The molecule has 0 unspecified atom stereocenters. The van der Waals surface area contributed by atoms with Gasteiger partial charge in [0.2, 0.25) is 5.75 Å². The van der Waals surface area contributed by atoms with Gasteiger partial charge in [0, 0.05) is 0 Å². The number of hydrogen-bond donors (Lipinski definition) is 1. The Hall–Kier alpha value is -2.42. The first-order valence-corrected chi connectivity index (χ1v) is 5.48. The lowest BCUT2D eigenvalue weighted by Gasteiger charge is -2.14. The second-order valence-corrected chi connectivity index (χ2v) is 3.76. The molecule has 0 aliphatic heterocycles. The molecule has 0 bridgehead atoms. The lowest BCUT2D eigenvalue weighted by atomic mass is 10.00. The van der Waals surface area contributed by atoms with Gasteiger partial charge in [-0.2, -0.15) is 5.26 Å². The zero-order valence-electron chi connectivity index (χ0n) is 11.0. The van der Waals surface area contributed by atoms with E-state index >= 15 is 0 Å². The van der Waals surface area contributed by atoms with Crippen molar-refractivity contribution in [3.8, 4) is 23.3 Å². The molecule has 1 aromatic carbocycles. The third-order valence-corrected chi connectivity index (χ3v) is 2.62. The van der Waals surface area contributed by atoms with Crippen molar-refractivity contribution in [2.45, 2.75) is 6.42 Å². The van der Waals surface area contributed by atoms with Crippen LogP contribution in [0.1, 0.15) is 5.56 Å². The molecule has 1 atom stereocenters. The fourth-order valence-electron chi connectivity index (χ4n) is 1.68. The molecule has 6 heteroatoms. The highest BCUT2D eigenvalue weighted by Crippen LogP contribution is 2.38. The maximum Gasteiger partial charge on any atom is 0.321 e. The Bertz CT molecular complexity index is 481. The predicted octanol–water partition coefficient (Wildman–Crippen LogP) is 1.48. The summed E-state index contributed by atoms with van der Waals surface area (Å²) in [6.45, 7) is 0. The fraction of sp³-hybridized carbons (Fsp3) is 0.385. The van der Waals surface area contributed by atoms with Crippen LogP contribution in [-0.2, 0) is 11.2 Å². The molecule has 0 heterocycles. The summed E-state index contributed by atoms with van der Waals surface area (Å²) in [5.41, 5.74) is 0.628. The maximum absolute atomic E-state index is 10.9. The zero-order valence-corrected chi connectivity index (χ0v) is 11.0. The van der Waals surface area contributed by atoms with Crippen molar-refractivity contribution in [1.29, 1.82) is 5.26 Å². The summed E-state index contributed by atoms with van der Waals surface area (Å²) in [5, 5.41) is 17.7. The Morgan fingerprint density at radius 2 is 1.79 bits per heavy atom. The second-order valence-electron chi connectivity index (χ2n) is 3.76. The molecule has 0 aliphatic carbocycles. The number of carboxylic acids is 1. The van der Waals surface area contributed by atoms with Crippen LogP contribution in [0.25, 0.3) is 0 Å². The first-order valence-electron chi connectivity index (χ1n) is 5.48. The molecular formula is C13H15NO5. The molecule has 6 nitrogen and oxygen atoms in total. The van der Waals surface area contributed by atoms with Crippen LogP contribution in [0.2, 0.25) is 0 Å². The Kier molecular flexibility index (Phi) is 5.01. The molecule has 1 aromatic rings. The highest BCUT2D eigenvalue weighted by atomic mass is 16.5. The minimum atomic E-state index is -1.16. The summed E-state index contributed by atoms with van der Waals surface area (Å²) >= 11 is 0. The summed E-state index contributed by atoms with van der Waals surface area (Å²) in [6, 6.07) is 5.01. The number of benzene rings is 1.